The Bertz CT molecular complexity index is 1110. The van der Waals surface area contributed by atoms with Crippen LogP contribution in [-0.2, 0) is 21.2 Å². The summed E-state index contributed by atoms with van der Waals surface area (Å²) in [4.78, 5) is 15.8. The van der Waals surface area contributed by atoms with Gasteiger partial charge in [-0.05, 0) is 48.4 Å². The van der Waals surface area contributed by atoms with Crippen LogP contribution >= 0.6 is 22.9 Å². The van der Waals surface area contributed by atoms with Gasteiger partial charge in [-0.3, -0.25) is 9.52 Å². The molecule has 2 heterocycles. The van der Waals surface area contributed by atoms with Gasteiger partial charge in [-0.2, -0.15) is 0 Å². The van der Waals surface area contributed by atoms with Crippen molar-refractivity contribution in [2.45, 2.75) is 17.7 Å². The molecule has 1 aromatic heterocycles. The first kappa shape index (κ1) is 16.3. The molecule has 9 heteroatoms. The number of aromatic nitrogens is 1. The third kappa shape index (κ3) is 3.20. The van der Waals surface area contributed by atoms with E-state index in [2.05, 4.69) is 15.0 Å². The minimum absolute atomic E-state index is 0.0608. The third-order valence-electron chi connectivity index (χ3n) is 3.85. The van der Waals surface area contributed by atoms with Crippen LogP contribution in [0, 0.1) is 0 Å². The van der Waals surface area contributed by atoms with Crippen LogP contribution in [0.25, 0.3) is 10.2 Å². The summed E-state index contributed by atoms with van der Waals surface area (Å²) in [5, 5.41) is 3.59. The van der Waals surface area contributed by atoms with Crippen LogP contribution in [-0.4, -0.2) is 19.3 Å². The molecule has 1 aliphatic heterocycles. The van der Waals surface area contributed by atoms with Gasteiger partial charge in [-0.15, -0.1) is 0 Å². The van der Waals surface area contributed by atoms with E-state index in [9.17, 15) is 13.2 Å². The summed E-state index contributed by atoms with van der Waals surface area (Å²) in [6.07, 6.45) is 0.868. The van der Waals surface area contributed by atoms with E-state index in [0.29, 0.717) is 29.1 Å². The molecular weight excluding hydrogens is 382 g/mol. The second-order valence-electron chi connectivity index (χ2n) is 5.60. The first-order valence-corrected chi connectivity index (χ1v) is 10.1. The summed E-state index contributed by atoms with van der Waals surface area (Å²) in [6.45, 7) is 0. The number of fused-ring (bicyclic) bond motifs is 2. The highest BCUT2D eigenvalue weighted by Gasteiger charge is 2.21. The SMILES string of the molecule is O=C1CCc2cc(S(=O)(=O)Nc3nc4ccc(Cl)cc4s3)ccc2N1. The fraction of sp³-hybridized carbons (Fsp3) is 0.125. The maximum Gasteiger partial charge on any atom is 0.263 e. The lowest BCUT2D eigenvalue weighted by atomic mass is 10.0. The van der Waals surface area contributed by atoms with Gasteiger partial charge in [0.25, 0.3) is 10.0 Å². The smallest absolute Gasteiger partial charge is 0.263 e. The van der Waals surface area contributed by atoms with Gasteiger partial charge >= 0.3 is 0 Å². The van der Waals surface area contributed by atoms with E-state index in [1.165, 1.54) is 17.4 Å². The van der Waals surface area contributed by atoms with E-state index in [0.717, 1.165) is 10.3 Å². The molecule has 2 N–H and O–H groups in total. The van der Waals surface area contributed by atoms with Gasteiger partial charge in [0.15, 0.2) is 5.13 Å². The second-order valence-corrected chi connectivity index (χ2v) is 8.75. The van der Waals surface area contributed by atoms with Crippen LogP contribution in [0.2, 0.25) is 5.02 Å². The first-order valence-electron chi connectivity index (χ1n) is 7.42. The molecule has 0 saturated heterocycles. The fourth-order valence-corrected chi connectivity index (χ4v) is 5.07. The normalized spacial score (nSPS) is 14.2. The van der Waals surface area contributed by atoms with E-state index >= 15 is 0 Å². The van der Waals surface area contributed by atoms with Crippen molar-refractivity contribution < 1.29 is 13.2 Å². The highest BCUT2D eigenvalue weighted by atomic mass is 35.5. The number of nitrogens with zero attached hydrogens (tertiary/aromatic N) is 1. The largest absolute Gasteiger partial charge is 0.326 e. The molecule has 25 heavy (non-hydrogen) atoms. The van der Waals surface area contributed by atoms with Gasteiger partial charge in [-0.1, -0.05) is 22.9 Å². The van der Waals surface area contributed by atoms with Gasteiger partial charge in [0, 0.05) is 17.1 Å². The van der Waals surface area contributed by atoms with Crippen molar-refractivity contribution in [2.24, 2.45) is 0 Å². The van der Waals surface area contributed by atoms with E-state index < -0.39 is 10.0 Å². The maximum atomic E-state index is 12.6. The van der Waals surface area contributed by atoms with Gasteiger partial charge < -0.3 is 5.32 Å². The molecule has 0 bridgehead atoms. The molecule has 1 amide bonds. The summed E-state index contributed by atoms with van der Waals surface area (Å²) < 4.78 is 28.6. The zero-order valence-corrected chi connectivity index (χ0v) is 15.1. The standard InChI is InChI=1S/C16H12ClN3O3S2/c17-10-2-4-13-14(8-10)24-16(19-13)20-25(22,23)11-3-5-12-9(7-11)1-6-15(21)18-12/h2-5,7-8H,1,6H2,(H,18,21)(H,19,20). The molecule has 4 rings (SSSR count). The number of halogens is 1. The maximum absolute atomic E-state index is 12.6. The zero-order chi connectivity index (χ0) is 17.6. The summed E-state index contributed by atoms with van der Waals surface area (Å²) in [5.41, 5.74) is 2.14. The molecule has 0 spiro atoms. The number of thiazole rings is 1. The number of nitrogens with one attached hydrogen (secondary N) is 2. The monoisotopic (exact) mass is 393 g/mol. The first-order chi connectivity index (χ1) is 11.9. The minimum Gasteiger partial charge on any atom is -0.326 e. The topological polar surface area (TPSA) is 88.2 Å². The quantitative estimate of drug-likeness (QED) is 0.711. The Morgan fingerprint density at radius 1 is 1.16 bits per heavy atom. The second kappa shape index (κ2) is 5.98. The average molecular weight is 394 g/mol. The molecular formula is C16H12ClN3O3S2. The van der Waals surface area contributed by atoms with Crippen molar-refractivity contribution in [3.63, 3.8) is 0 Å². The van der Waals surface area contributed by atoms with Crippen molar-refractivity contribution in [3.8, 4) is 0 Å². The van der Waals surface area contributed by atoms with E-state index in [1.54, 1.807) is 30.3 Å². The lowest BCUT2D eigenvalue weighted by molar-refractivity contribution is -0.116. The Balaban J connectivity index is 1.65. The fourth-order valence-electron chi connectivity index (χ4n) is 2.64. The van der Waals surface area contributed by atoms with Crippen molar-refractivity contribution in [1.29, 1.82) is 0 Å². The number of sulfonamides is 1. The lowest BCUT2D eigenvalue weighted by Gasteiger charge is -2.17. The molecule has 128 valence electrons. The zero-order valence-electron chi connectivity index (χ0n) is 12.7. The number of hydrogen-bond donors (Lipinski definition) is 2. The Morgan fingerprint density at radius 2 is 2.00 bits per heavy atom. The molecule has 1 aliphatic rings. The molecule has 0 fully saturated rings. The van der Waals surface area contributed by atoms with Gasteiger partial charge in [0.1, 0.15) is 0 Å². The Kier molecular flexibility index (Phi) is 3.90. The van der Waals surface area contributed by atoms with Gasteiger partial charge in [0.05, 0.1) is 15.1 Å². The van der Waals surface area contributed by atoms with E-state index in [4.69, 9.17) is 11.6 Å². The number of carbonyl (C=O) groups excluding carboxylic acids is 1. The highest BCUT2D eigenvalue weighted by Crippen LogP contribution is 2.31. The summed E-state index contributed by atoms with van der Waals surface area (Å²) >= 11 is 7.16. The van der Waals surface area contributed by atoms with Crippen molar-refractivity contribution in [1.82, 2.24) is 4.98 Å². The number of hydrogen-bond acceptors (Lipinski definition) is 5. The van der Waals surface area contributed by atoms with Crippen LogP contribution in [0.3, 0.4) is 0 Å². The molecule has 0 aliphatic carbocycles. The number of carbonyl (C=O) groups is 1. The average Bonchev–Trinajstić information content (AvgIpc) is 2.94. The lowest BCUT2D eigenvalue weighted by Crippen LogP contribution is -2.20. The van der Waals surface area contributed by atoms with Crippen molar-refractivity contribution in [2.75, 3.05) is 10.0 Å². The van der Waals surface area contributed by atoms with E-state index in [1.807, 2.05) is 0 Å². The number of benzene rings is 2. The number of rotatable bonds is 3. The predicted molar refractivity (Wildman–Crippen MR) is 98.8 cm³/mol. The summed E-state index contributed by atoms with van der Waals surface area (Å²) in [6, 6.07) is 9.86. The van der Waals surface area contributed by atoms with Gasteiger partial charge in [0.2, 0.25) is 5.91 Å². The number of amides is 1. The van der Waals surface area contributed by atoms with Crippen LogP contribution in [0.1, 0.15) is 12.0 Å². The number of anilines is 2. The molecule has 0 unspecified atom stereocenters. The van der Waals surface area contributed by atoms with Crippen LogP contribution in [0.5, 0.6) is 0 Å². The van der Waals surface area contributed by atoms with Crippen molar-refractivity contribution in [3.05, 3.63) is 47.0 Å². The third-order valence-corrected chi connectivity index (χ3v) is 6.49. The molecule has 0 saturated carbocycles. The Labute approximate surface area is 152 Å². The van der Waals surface area contributed by atoms with E-state index in [-0.39, 0.29) is 15.9 Å². The van der Waals surface area contributed by atoms with Crippen molar-refractivity contribution >= 4 is 59.9 Å². The minimum atomic E-state index is -3.77. The van der Waals surface area contributed by atoms with Crippen LogP contribution < -0.4 is 10.0 Å². The Hall–Kier alpha value is -2.16. The molecule has 0 atom stereocenters. The van der Waals surface area contributed by atoms with Crippen LogP contribution in [0.4, 0.5) is 10.8 Å². The highest BCUT2D eigenvalue weighted by molar-refractivity contribution is 7.93. The summed E-state index contributed by atoms with van der Waals surface area (Å²) in [5.74, 6) is -0.0608. The molecule has 0 radical (unpaired) electrons. The molecule has 2 aromatic carbocycles. The van der Waals surface area contributed by atoms with Crippen LogP contribution in [0.15, 0.2) is 41.3 Å². The Morgan fingerprint density at radius 3 is 2.84 bits per heavy atom. The molecule has 3 aromatic rings. The summed E-state index contributed by atoms with van der Waals surface area (Å²) in [7, 11) is -3.77. The number of aryl methyl sites for hydroxylation is 1. The van der Waals surface area contributed by atoms with Gasteiger partial charge in [-0.25, -0.2) is 13.4 Å². The molecule has 6 nitrogen and oxygen atoms in total. The predicted octanol–water partition coefficient (Wildman–Crippen LogP) is 3.64.